The molecule has 0 saturated carbocycles. The van der Waals surface area contributed by atoms with Crippen molar-refractivity contribution in [3.63, 3.8) is 0 Å². The van der Waals surface area contributed by atoms with Gasteiger partial charge in [-0.25, -0.2) is 4.90 Å². The summed E-state index contributed by atoms with van der Waals surface area (Å²) in [4.78, 5) is 66.6. The van der Waals surface area contributed by atoms with Crippen LogP contribution in [0, 0.1) is 22.0 Å². The van der Waals surface area contributed by atoms with Crippen molar-refractivity contribution in [2.24, 2.45) is 11.8 Å². The number of anilines is 1. The number of amides is 2. The number of nitrogens with zero attached hydrogens (tertiary/aromatic N) is 3. The van der Waals surface area contributed by atoms with Gasteiger partial charge in [-0.05, 0) is 47.5 Å². The molecule has 3 aromatic carbocycles. The zero-order valence-corrected chi connectivity index (χ0v) is 20.6. The third kappa shape index (κ3) is 3.80. The molecule has 2 saturated heterocycles. The molecule has 4 atom stereocenters. The van der Waals surface area contributed by atoms with E-state index in [0.29, 0.717) is 0 Å². The maximum atomic E-state index is 14.0. The van der Waals surface area contributed by atoms with Crippen molar-refractivity contribution >= 4 is 41.0 Å². The van der Waals surface area contributed by atoms with Crippen LogP contribution >= 0.6 is 0 Å². The third-order valence-corrected chi connectivity index (χ3v) is 7.43. The topological polar surface area (TPSA) is 127 Å². The first-order valence-corrected chi connectivity index (χ1v) is 12.3. The summed E-state index contributed by atoms with van der Waals surface area (Å²) >= 11 is 0. The lowest BCUT2D eigenvalue weighted by Gasteiger charge is -2.35. The molecular weight excluding hydrogens is 502 g/mol. The van der Waals surface area contributed by atoms with Gasteiger partial charge in [0.1, 0.15) is 11.8 Å². The molecule has 3 aromatic rings. The summed E-state index contributed by atoms with van der Waals surface area (Å²) in [6.45, 7) is 1.27. The highest BCUT2D eigenvalue weighted by Gasteiger charge is 2.64. The predicted molar refractivity (Wildman–Crippen MR) is 138 cm³/mol. The standard InChI is InChI=1S/C29H21N3O7/c1-16(33)39-21-11-9-18(10-12-21)27(34)26-24-23(25-22-8-3-2-5-17(22)13-14-30(25)26)28(35)31(29(24)36)19-6-4-7-20(15-19)32(37)38/h2-15,23-26H,1H3/t23-,24+,25+,26+/m1/s1. The summed E-state index contributed by atoms with van der Waals surface area (Å²) in [5.41, 5.74) is 1.83. The predicted octanol–water partition coefficient (Wildman–Crippen LogP) is 3.92. The SMILES string of the molecule is CC(=O)Oc1ccc(C(=O)[C@@H]2[C@H]3C(=O)N(c4cccc([N+](=O)[O-])c4)C(=O)[C@H]3[C@@H]3c4ccccc4C=CN23)cc1. The van der Waals surface area contributed by atoms with Crippen molar-refractivity contribution in [2.45, 2.75) is 19.0 Å². The van der Waals surface area contributed by atoms with Gasteiger partial charge >= 0.3 is 5.97 Å². The summed E-state index contributed by atoms with van der Waals surface area (Å²) in [7, 11) is 0. The fourth-order valence-electron chi connectivity index (χ4n) is 5.88. The van der Waals surface area contributed by atoms with Crippen LogP contribution in [0.4, 0.5) is 11.4 Å². The number of nitro groups is 1. The molecule has 0 bridgehead atoms. The molecule has 10 nitrogen and oxygen atoms in total. The summed E-state index contributed by atoms with van der Waals surface area (Å²) in [5.74, 6) is -3.57. The second-order valence-corrected chi connectivity index (χ2v) is 9.60. The van der Waals surface area contributed by atoms with E-state index in [9.17, 15) is 29.3 Å². The van der Waals surface area contributed by atoms with E-state index in [1.807, 2.05) is 30.3 Å². The van der Waals surface area contributed by atoms with Crippen LogP contribution in [0.3, 0.4) is 0 Å². The minimum Gasteiger partial charge on any atom is -0.427 e. The molecule has 2 amide bonds. The summed E-state index contributed by atoms with van der Waals surface area (Å²) in [6.07, 6.45) is 3.60. The van der Waals surface area contributed by atoms with Crippen LogP contribution in [0.2, 0.25) is 0 Å². The smallest absolute Gasteiger partial charge is 0.308 e. The average Bonchev–Trinajstić information content (AvgIpc) is 3.40. The number of benzene rings is 3. The minimum atomic E-state index is -1.02. The van der Waals surface area contributed by atoms with E-state index in [-0.39, 0.29) is 28.5 Å². The number of rotatable bonds is 5. The molecule has 0 spiro atoms. The lowest BCUT2D eigenvalue weighted by atomic mass is 9.83. The Morgan fingerprint density at radius 2 is 1.64 bits per heavy atom. The van der Waals surface area contributed by atoms with Gasteiger partial charge in [0.2, 0.25) is 11.8 Å². The van der Waals surface area contributed by atoms with Crippen LogP contribution in [-0.2, 0) is 14.4 Å². The molecule has 39 heavy (non-hydrogen) atoms. The third-order valence-electron chi connectivity index (χ3n) is 7.43. The number of hydrogen-bond donors (Lipinski definition) is 0. The van der Waals surface area contributed by atoms with Crippen LogP contribution < -0.4 is 9.64 Å². The van der Waals surface area contributed by atoms with E-state index in [2.05, 4.69) is 0 Å². The summed E-state index contributed by atoms with van der Waals surface area (Å²) < 4.78 is 5.06. The van der Waals surface area contributed by atoms with Crippen molar-refractivity contribution < 1.29 is 28.8 Å². The van der Waals surface area contributed by atoms with E-state index in [1.165, 1.54) is 55.5 Å². The fourth-order valence-corrected chi connectivity index (χ4v) is 5.88. The van der Waals surface area contributed by atoms with E-state index in [1.54, 1.807) is 11.1 Å². The number of ketones is 1. The van der Waals surface area contributed by atoms with Crippen molar-refractivity contribution in [1.29, 1.82) is 0 Å². The van der Waals surface area contributed by atoms with Gasteiger partial charge in [0, 0.05) is 30.8 Å². The van der Waals surface area contributed by atoms with Crippen molar-refractivity contribution in [1.82, 2.24) is 4.90 Å². The molecule has 3 aliphatic rings. The minimum absolute atomic E-state index is 0.0942. The fraction of sp³-hybridized carbons (Fsp3) is 0.172. The number of nitro benzene ring substituents is 1. The number of fused-ring (bicyclic) bond motifs is 5. The van der Waals surface area contributed by atoms with Gasteiger partial charge in [0.05, 0.1) is 28.5 Å². The van der Waals surface area contributed by atoms with E-state index in [4.69, 9.17) is 4.74 Å². The first-order chi connectivity index (χ1) is 18.8. The van der Waals surface area contributed by atoms with Gasteiger partial charge < -0.3 is 9.64 Å². The van der Waals surface area contributed by atoms with Crippen LogP contribution in [0.1, 0.15) is 34.5 Å². The van der Waals surface area contributed by atoms with Crippen LogP contribution in [0.5, 0.6) is 5.75 Å². The number of Topliss-reactive ketones (excluding diaryl/α,β-unsaturated/α-hetero) is 1. The second kappa shape index (κ2) is 9.02. The number of ether oxygens (including phenoxy) is 1. The number of hydrogen-bond acceptors (Lipinski definition) is 8. The number of carbonyl (C=O) groups is 4. The molecule has 0 radical (unpaired) electrons. The highest BCUT2D eigenvalue weighted by atomic mass is 16.6. The lowest BCUT2D eigenvalue weighted by molar-refractivity contribution is -0.384. The second-order valence-electron chi connectivity index (χ2n) is 9.60. The molecule has 10 heteroatoms. The van der Waals surface area contributed by atoms with Gasteiger partial charge in [0.25, 0.3) is 5.69 Å². The highest BCUT2D eigenvalue weighted by Crippen LogP contribution is 2.53. The van der Waals surface area contributed by atoms with Gasteiger partial charge in [-0.3, -0.25) is 29.3 Å². The molecule has 3 aliphatic heterocycles. The van der Waals surface area contributed by atoms with Gasteiger partial charge in [-0.1, -0.05) is 30.3 Å². The van der Waals surface area contributed by atoms with E-state index < -0.39 is 46.6 Å². The largest absolute Gasteiger partial charge is 0.427 e. The number of imide groups is 1. The average molecular weight is 524 g/mol. The monoisotopic (exact) mass is 523 g/mol. The van der Waals surface area contributed by atoms with Crippen LogP contribution in [0.25, 0.3) is 6.08 Å². The Hall–Kier alpha value is -5.12. The maximum Gasteiger partial charge on any atom is 0.308 e. The molecule has 194 valence electrons. The Balaban J connectivity index is 1.44. The molecule has 3 heterocycles. The quantitative estimate of drug-likeness (QED) is 0.123. The van der Waals surface area contributed by atoms with Gasteiger partial charge in [0.15, 0.2) is 5.78 Å². The molecule has 0 aliphatic carbocycles. The van der Waals surface area contributed by atoms with Crippen LogP contribution in [-0.4, -0.2) is 39.4 Å². The molecule has 6 rings (SSSR count). The van der Waals surface area contributed by atoms with Gasteiger partial charge in [-0.15, -0.1) is 0 Å². The first kappa shape index (κ1) is 24.2. The number of non-ortho nitro benzene ring substituents is 1. The zero-order valence-electron chi connectivity index (χ0n) is 20.6. The maximum absolute atomic E-state index is 14.0. The Morgan fingerprint density at radius 1 is 0.923 bits per heavy atom. The molecule has 0 N–H and O–H groups in total. The Kier molecular flexibility index (Phi) is 5.60. The molecule has 2 fully saturated rings. The zero-order chi connectivity index (χ0) is 27.4. The lowest BCUT2D eigenvalue weighted by Crippen LogP contribution is -2.44. The van der Waals surface area contributed by atoms with E-state index >= 15 is 0 Å². The Bertz CT molecular complexity index is 1600. The first-order valence-electron chi connectivity index (χ1n) is 12.3. The summed E-state index contributed by atoms with van der Waals surface area (Å²) in [6, 6.07) is 17.3. The van der Waals surface area contributed by atoms with Crippen LogP contribution in [0.15, 0.2) is 79.0 Å². The summed E-state index contributed by atoms with van der Waals surface area (Å²) in [5, 5.41) is 11.4. The molecular formula is C29H21N3O7. The Labute approximate surface area is 222 Å². The Morgan fingerprint density at radius 3 is 2.36 bits per heavy atom. The molecule has 0 unspecified atom stereocenters. The number of carbonyl (C=O) groups excluding carboxylic acids is 4. The highest BCUT2D eigenvalue weighted by molar-refractivity contribution is 6.24. The van der Waals surface area contributed by atoms with Gasteiger partial charge in [-0.2, -0.15) is 0 Å². The number of esters is 1. The van der Waals surface area contributed by atoms with Crippen molar-refractivity contribution in [3.05, 3.63) is 106 Å². The normalized spacial score (nSPS) is 22.8. The van der Waals surface area contributed by atoms with Crippen molar-refractivity contribution in [3.8, 4) is 5.75 Å². The van der Waals surface area contributed by atoms with E-state index in [0.717, 1.165) is 16.0 Å². The van der Waals surface area contributed by atoms with Crippen molar-refractivity contribution in [2.75, 3.05) is 4.90 Å². The molecule has 0 aromatic heterocycles.